The van der Waals surface area contributed by atoms with Crippen molar-refractivity contribution in [1.29, 1.82) is 0 Å². The molecule has 10 heteroatoms. The van der Waals surface area contributed by atoms with Gasteiger partial charge in [0.1, 0.15) is 18.3 Å². The van der Waals surface area contributed by atoms with E-state index >= 15 is 0 Å². The second-order valence-corrected chi connectivity index (χ2v) is 12.2. The number of carbonyl (C=O) groups is 2. The van der Waals surface area contributed by atoms with E-state index in [4.69, 9.17) is 4.74 Å². The average molecular weight is 595 g/mol. The fraction of sp³-hybridized carbons (Fsp3) is 0.481. The van der Waals surface area contributed by atoms with Crippen LogP contribution in [0.3, 0.4) is 0 Å². The van der Waals surface area contributed by atoms with Gasteiger partial charge in [-0.1, -0.05) is 59.5 Å². The lowest BCUT2D eigenvalue weighted by Crippen LogP contribution is -2.53. The van der Waals surface area contributed by atoms with Crippen LogP contribution in [-0.2, 0) is 26.2 Å². The van der Waals surface area contributed by atoms with Crippen molar-refractivity contribution in [1.82, 2.24) is 10.2 Å². The highest BCUT2D eigenvalue weighted by Crippen LogP contribution is 2.30. The van der Waals surface area contributed by atoms with Crippen LogP contribution in [0.2, 0.25) is 0 Å². The first-order valence-electron chi connectivity index (χ1n) is 12.6. The van der Waals surface area contributed by atoms with Gasteiger partial charge in [-0.3, -0.25) is 13.9 Å². The molecule has 0 aliphatic heterocycles. The summed E-state index contributed by atoms with van der Waals surface area (Å²) >= 11 is 3.42. The molecule has 0 radical (unpaired) electrons. The molecule has 1 fully saturated rings. The Hall–Kier alpha value is -2.59. The number of anilines is 1. The number of rotatable bonds is 11. The van der Waals surface area contributed by atoms with Crippen LogP contribution in [0.15, 0.2) is 53.0 Å². The highest BCUT2D eigenvalue weighted by molar-refractivity contribution is 9.10. The molecule has 1 aliphatic rings. The van der Waals surface area contributed by atoms with E-state index in [0.29, 0.717) is 12.4 Å². The van der Waals surface area contributed by atoms with Gasteiger partial charge < -0.3 is 15.0 Å². The third-order valence-electron chi connectivity index (χ3n) is 6.50. The zero-order valence-electron chi connectivity index (χ0n) is 21.7. The van der Waals surface area contributed by atoms with Crippen LogP contribution in [0.4, 0.5) is 5.69 Å². The molecule has 1 aliphatic carbocycles. The number of carbonyl (C=O) groups excluding carboxylic acids is 2. The van der Waals surface area contributed by atoms with Crippen LogP contribution in [0, 0.1) is 0 Å². The quantitative estimate of drug-likeness (QED) is 0.414. The molecular weight excluding hydrogens is 558 g/mol. The van der Waals surface area contributed by atoms with Crippen LogP contribution in [0.25, 0.3) is 0 Å². The number of hydrogen-bond acceptors (Lipinski definition) is 5. The van der Waals surface area contributed by atoms with Gasteiger partial charge in [0.2, 0.25) is 21.8 Å². The third kappa shape index (κ3) is 8.20. The van der Waals surface area contributed by atoms with Crippen LogP contribution in [0.5, 0.6) is 5.75 Å². The van der Waals surface area contributed by atoms with Gasteiger partial charge in [-0.05, 0) is 56.5 Å². The lowest BCUT2D eigenvalue weighted by Gasteiger charge is -2.33. The number of ether oxygens (including phenoxy) is 1. The molecule has 8 nitrogen and oxygen atoms in total. The van der Waals surface area contributed by atoms with E-state index < -0.39 is 28.5 Å². The standard InChI is InChI=1S/C27H36BrN3O5S/c1-4-36-25-13-9-8-12-24(25)31(37(3,34)35)19-26(32)30(18-21-14-16-22(28)17-15-21)20(2)27(33)29-23-10-6-5-7-11-23/h8-9,12-17,20,23H,4-7,10-11,18-19H2,1-3H3,(H,29,33)/t20-/m1/s1. The number of hydrogen-bond donors (Lipinski definition) is 1. The summed E-state index contributed by atoms with van der Waals surface area (Å²) in [6.07, 6.45) is 6.22. The largest absolute Gasteiger partial charge is 0.492 e. The summed E-state index contributed by atoms with van der Waals surface area (Å²) in [6, 6.07) is 13.5. The smallest absolute Gasteiger partial charge is 0.244 e. The molecule has 2 aromatic carbocycles. The molecule has 0 bridgehead atoms. The molecule has 0 heterocycles. The Kier molecular flexibility index (Phi) is 10.4. The SMILES string of the molecule is CCOc1ccccc1N(CC(=O)N(Cc1ccc(Br)cc1)[C@H](C)C(=O)NC1CCCCC1)S(C)(=O)=O. The molecule has 3 rings (SSSR count). The summed E-state index contributed by atoms with van der Waals surface area (Å²) in [5, 5.41) is 3.10. The Morgan fingerprint density at radius 2 is 1.73 bits per heavy atom. The van der Waals surface area contributed by atoms with Gasteiger partial charge in [0.25, 0.3) is 0 Å². The molecule has 1 atom stereocenters. The summed E-state index contributed by atoms with van der Waals surface area (Å²) < 4.78 is 33.2. The zero-order chi connectivity index (χ0) is 27.0. The predicted molar refractivity (Wildman–Crippen MR) is 149 cm³/mol. The van der Waals surface area contributed by atoms with Crippen LogP contribution in [-0.4, -0.2) is 56.6 Å². The van der Waals surface area contributed by atoms with E-state index in [1.165, 1.54) is 11.3 Å². The number of nitrogens with zero attached hydrogens (tertiary/aromatic N) is 2. The lowest BCUT2D eigenvalue weighted by molar-refractivity contribution is -0.139. The van der Waals surface area contributed by atoms with Gasteiger partial charge in [-0.2, -0.15) is 0 Å². The molecule has 2 aromatic rings. The maximum atomic E-state index is 13.7. The normalized spacial score (nSPS) is 15.0. The molecular formula is C27H36BrN3O5S. The second kappa shape index (κ2) is 13.3. The van der Waals surface area contributed by atoms with Crippen LogP contribution in [0.1, 0.15) is 51.5 Å². The molecule has 202 valence electrons. The number of benzene rings is 2. The summed E-state index contributed by atoms with van der Waals surface area (Å²) in [6.45, 7) is 3.54. The fourth-order valence-corrected chi connectivity index (χ4v) is 5.59. The van der Waals surface area contributed by atoms with Gasteiger partial charge in [-0.15, -0.1) is 0 Å². The van der Waals surface area contributed by atoms with E-state index in [2.05, 4.69) is 21.2 Å². The summed E-state index contributed by atoms with van der Waals surface area (Å²) in [5.41, 5.74) is 1.11. The van der Waals surface area contributed by atoms with E-state index in [-0.39, 0.29) is 24.2 Å². The second-order valence-electron chi connectivity index (χ2n) is 9.34. The number of para-hydroxylation sites is 2. The van der Waals surface area contributed by atoms with Gasteiger partial charge >= 0.3 is 0 Å². The van der Waals surface area contributed by atoms with Gasteiger partial charge in [0, 0.05) is 17.1 Å². The molecule has 37 heavy (non-hydrogen) atoms. The van der Waals surface area contributed by atoms with E-state index in [1.54, 1.807) is 38.1 Å². The average Bonchev–Trinajstić information content (AvgIpc) is 2.87. The van der Waals surface area contributed by atoms with Crippen LogP contribution < -0.4 is 14.4 Å². The van der Waals surface area contributed by atoms with Crippen molar-refractivity contribution >= 4 is 43.5 Å². The van der Waals surface area contributed by atoms with E-state index in [0.717, 1.165) is 46.3 Å². The lowest BCUT2D eigenvalue weighted by atomic mass is 9.95. The van der Waals surface area contributed by atoms with E-state index in [1.807, 2.05) is 24.3 Å². The zero-order valence-corrected chi connectivity index (χ0v) is 24.1. The first kappa shape index (κ1) is 29.0. The summed E-state index contributed by atoms with van der Waals surface area (Å²) in [4.78, 5) is 28.4. The van der Waals surface area contributed by atoms with Crippen molar-refractivity contribution in [2.75, 3.05) is 23.7 Å². The minimum Gasteiger partial charge on any atom is -0.492 e. The highest BCUT2D eigenvalue weighted by atomic mass is 79.9. The third-order valence-corrected chi connectivity index (χ3v) is 8.15. The Labute approximate surface area is 228 Å². The molecule has 2 amide bonds. The topological polar surface area (TPSA) is 96.0 Å². The van der Waals surface area contributed by atoms with Gasteiger partial charge in [0.05, 0.1) is 18.6 Å². The molecule has 1 saturated carbocycles. The van der Waals surface area contributed by atoms with E-state index in [9.17, 15) is 18.0 Å². The first-order valence-corrected chi connectivity index (χ1v) is 15.3. The number of sulfonamides is 1. The minimum atomic E-state index is -3.84. The maximum absolute atomic E-state index is 13.7. The van der Waals surface area contributed by atoms with Crippen molar-refractivity contribution in [3.63, 3.8) is 0 Å². The van der Waals surface area contributed by atoms with Crippen molar-refractivity contribution in [3.8, 4) is 5.75 Å². The van der Waals surface area contributed by atoms with Gasteiger partial charge in [-0.25, -0.2) is 8.42 Å². The predicted octanol–water partition coefficient (Wildman–Crippen LogP) is 4.48. The summed E-state index contributed by atoms with van der Waals surface area (Å²) in [7, 11) is -3.84. The maximum Gasteiger partial charge on any atom is 0.244 e. The first-order chi connectivity index (χ1) is 17.6. The number of amides is 2. The van der Waals surface area contributed by atoms with Crippen LogP contribution >= 0.6 is 15.9 Å². The highest BCUT2D eigenvalue weighted by Gasteiger charge is 2.32. The molecule has 0 spiro atoms. The summed E-state index contributed by atoms with van der Waals surface area (Å²) in [5.74, 6) is -0.352. The Morgan fingerprint density at radius 3 is 2.35 bits per heavy atom. The van der Waals surface area contributed by atoms with Crippen molar-refractivity contribution in [2.45, 2.75) is 64.6 Å². The Morgan fingerprint density at radius 1 is 1.08 bits per heavy atom. The number of halogens is 1. The number of nitrogens with one attached hydrogen (secondary N) is 1. The molecule has 1 N–H and O–H groups in total. The molecule has 0 unspecified atom stereocenters. The van der Waals surface area contributed by atoms with Crippen molar-refractivity contribution < 1.29 is 22.7 Å². The monoisotopic (exact) mass is 593 g/mol. The van der Waals surface area contributed by atoms with Crippen molar-refractivity contribution in [3.05, 3.63) is 58.6 Å². The minimum absolute atomic E-state index is 0.0962. The molecule has 0 saturated heterocycles. The van der Waals surface area contributed by atoms with Gasteiger partial charge in [0.15, 0.2) is 0 Å². The Balaban J connectivity index is 1.89. The van der Waals surface area contributed by atoms with Crippen molar-refractivity contribution in [2.24, 2.45) is 0 Å². The Bertz CT molecular complexity index is 1170. The molecule has 0 aromatic heterocycles. The fourth-order valence-electron chi connectivity index (χ4n) is 4.47.